The number of carbonyl (C=O) groups is 2. The van der Waals surface area contributed by atoms with Gasteiger partial charge >= 0.3 is 12.1 Å². The lowest BCUT2D eigenvalue weighted by molar-refractivity contribution is -0.204. The third-order valence-electron chi connectivity index (χ3n) is 2.00. The van der Waals surface area contributed by atoms with Crippen LogP contribution in [-0.4, -0.2) is 32.7 Å². The molecule has 0 unspecified atom stereocenters. The normalized spacial score (nSPS) is 11.8. The van der Waals surface area contributed by atoms with Crippen molar-refractivity contribution in [2.45, 2.75) is 11.1 Å². The molecule has 0 fully saturated rings. The topological polar surface area (TPSA) is 89.5 Å². The predicted octanol–water partition coefficient (Wildman–Crippen LogP) is 0.840. The van der Waals surface area contributed by atoms with Gasteiger partial charge in [0.1, 0.15) is 0 Å². The van der Waals surface area contributed by atoms with E-state index < -0.39 is 38.3 Å². The third kappa shape index (κ3) is 3.95. The lowest BCUT2D eigenvalue weighted by atomic mass is 10.2. The van der Waals surface area contributed by atoms with Crippen molar-refractivity contribution >= 4 is 21.7 Å². The van der Waals surface area contributed by atoms with E-state index in [1.165, 1.54) is 17.6 Å². The van der Waals surface area contributed by atoms with Crippen molar-refractivity contribution in [3.05, 3.63) is 29.8 Å². The monoisotopic (exact) mass is 311 g/mol. The maximum absolute atomic E-state index is 11.8. The highest BCUT2D eigenvalue weighted by molar-refractivity contribution is 7.90. The molecule has 0 atom stereocenters. The smallest absolute Gasteiger partial charge is 0.332 e. The van der Waals surface area contributed by atoms with Gasteiger partial charge in [0.2, 0.25) is 0 Å². The second-order valence-corrected chi connectivity index (χ2v) is 5.57. The molecule has 0 bridgehead atoms. The van der Waals surface area contributed by atoms with E-state index in [9.17, 15) is 31.2 Å². The quantitative estimate of drug-likeness (QED) is 0.818. The molecule has 1 aromatic rings. The van der Waals surface area contributed by atoms with Crippen molar-refractivity contribution in [1.82, 2.24) is 5.48 Å². The Labute approximate surface area is 111 Å². The van der Waals surface area contributed by atoms with Crippen LogP contribution >= 0.6 is 0 Å². The Morgan fingerprint density at radius 2 is 1.75 bits per heavy atom. The maximum atomic E-state index is 11.8. The van der Waals surface area contributed by atoms with Crippen LogP contribution in [0, 0.1) is 0 Å². The van der Waals surface area contributed by atoms with E-state index in [2.05, 4.69) is 4.84 Å². The zero-order valence-electron chi connectivity index (χ0n) is 9.89. The largest absolute Gasteiger partial charge is 0.493 e. The summed E-state index contributed by atoms with van der Waals surface area (Å²) in [4.78, 5) is 25.1. The van der Waals surface area contributed by atoms with E-state index in [1.807, 2.05) is 0 Å². The first-order chi connectivity index (χ1) is 9.03. The van der Waals surface area contributed by atoms with Gasteiger partial charge in [-0.2, -0.15) is 18.7 Å². The van der Waals surface area contributed by atoms with Crippen LogP contribution in [0.25, 0.3) is 0 Å². The first-order valence-corrected chi connectivity index (χ1v) is 6.80. The fraction of sp³-hybridized carbons (Fsp3) is 0.200. The number of hydroxylamine groups is 1. The molecule has 1 amide bonds. The Balaban J connectivity index is 2.93. The van der Waals surface area contributed by atoms with E-state index in [-0.39, 0.29) is 0 Å². The Morgan fingerprint density at radius 3 is 2.25 bits per heavy atom. The summed E-state index contributed by atoms with van der Waals surface area (Å²) in [5.74, 6) is -3.91. The number of benzene rings is 1. The molecule has 10 heteroatoms. The molecular weight excluding hydrogens is 303 g/mol. The molecule has 0 aromatic heterocycles. The highest BCUT2D eigenvalue weighted by atomic mass is 32.2. The Kier molecular flexibility index (Phi) is 4.38. The number of amides is 1. The summed E-state index contributed by atoms with van der Waals surface area (Å²) in [5.41, 5.74) is 0.805. The number of hydrogen-bond acceptors (Lipinski definition) is 5. The summed E-state index contributed by atoms with van der Waals surface area (Å²) >= 11 is 0. The average Bonchev–Trinajstić information content (AvgIpc) is 2.33. The average molecular weight is 311 g/mol. The number of carbonyl (C=O) groups excluding carboxylic acids is 2. The number of alkyl halides is 3. The van der Waals surface area contributed by atoms with Gasteiger partial charge in [-0.05, 0) is 12.1 Å². The molecule has 6 nitrogen and oxygen atoms in total. The highest BCUT2D eigenvalue weighted by Crippen LogP contribution is 2.17. The van der Waals surface area contributed by atoms with E-state index >= 15 is 0 Å². The van der Waals surface area contributed by atoms with E-state index in [0.717, 1.165) is 18.4 Å². The van der Waals surface area contributed by atoms with Crippen LogP contribution in [0.3, 0.4) is 0 Å². The third-order valence-corrected chi connectivity index (χ3v) is 3.15. The molecule has 1 aromatic carbocycles. The van der Waals surface area contributed by atoms with Crippen LogP contribution in [0.4, 0.5) is 13.2 Å². The van der Waals surface area contributed by atoms with Gasteiger partial charge in [-0.25, -0.2) is 13.2 Å². The van der Waals surface area contributed by atoms with Crippen LogP contribution in [0.1, 0.15) is 10.4 Å². The standard InChI is InChI=1S/C10H8F3NO5S/c1-20(17,18)7-5-3-2-4-6(7)8(15)14-19-9(16)10(11,12)13/h2-5H,1H3,(H,14,15). The summed E-state index contributed by atoms with van der Waals surface area (Å²) in [6.07, 6.45) is -4.45. The number of rotatable bonds is 2. The SMILES string of the molecule is CS(=O)(=O)c1ccccc1C(=O)NOC(=O)C(F)(F)F. The minimum absolute atomic E-state index is 0.402. The molecule has 110 valence electrons. The van der Waals surface area contributed by atoms with E-state index in [0.29, 0.717) is 0 Å². The van der Waals surface area contributed by atoms with Crippen molar-refractivity contribution < 1.29 is 36.0 Å². The van der Waals surface area contributed by atoms with Gasteiger partial charge in [-0.15, -0.1) is 0 Å². The van der Waals surface area contributed by atoms with Gasteiger partial charge in [0.05, 0.1) is 10.5 Å². The van der Waals surface area contributed by atoms with Crippen LogP contribution in [0.5, 0.6) is 0 Å². The van der Waals surface area contributed by atoms with Gasteiger partial charge in [0.25, 0.3) is 5.91 Å². The Morgan fingerprint density at radius 1 is 1.20 bits per heavy atom. The number of hydrogen-bond donors (Lipinski definition) is 1. The van der Waals surface area contributed by atoms with Crippen molar-refractivity contribution in [3.8, 4) is 0 Å². The molecular formula is C10H8F3NO5S. The molecule has 0 saturated carbocycles. The second kappa shape index (κ2) is 5.49. The fourth-order valence-corrected chi connectivity index (χ4v) is 2.07. The number of nitrogens with one attached hydrogen (secondary N) is 1. The van der Waals surface area contributed by atoms with Crippen molar-refractivity contribution in [1.29, 1.82) is 0 Å². The van der Waals surface area contributed by atoms with Crippen LogP contribution in [-0.2, 0) is 19.5 Å². The minimum Gasteiger partial charge on any atom is -0.332 e. The van der Waals surface area contributed by atoms with Crippen LogP contribution < -0.4 is 5.48 Å². The fourth-order valence-electron chi connectivity index (χ4n) is 1.18. The van der Waals surface area contributed by atoms with Crippen molar-refractivity contribution in [2.24, 2.45) is 0 Å². The predicted molar refractivity (Wildman–Crippen MR) is 59.2 cm³/mol. The van der Waals surface area contributed by atoms with Crippen molar-refractivity contribution in [3.63, 3.8) is 0 Å². The minimum atomic E-state index is -5.27. The molecule has 1 N–H and O–H groups in total. The summed E-state index contributed by atoms with van der Waals surface area (Å²) < 4.78 is 58.3. The molecule has 0 saturated heterocycles. The summed E-state index contributed by atoms with van der Waals surface area (Å²) in [7, 11) is -3.77. The molecule has 0 aliphatic rings. The lowest BCUT2D eigenvalue weighted by Gasteiger charge is -2.09. The maximum Gasteiger partial charge on any atom is 0.493 e. The van der Waals surface area contributed by atoms with Crippen molar-refractivity contribution in [2.75, 3.05) is 6.26 Å². The van der Waals surface area contributed by atoms with Gasteiger partial charge in [0, 0.05) is 6.26 Å². The summed E-state index contributed by atoms with van der Waals surface area (Å²) in [5, 5.41) is 0. The summed E-state index contributed by atoms with van der Waals surface area (Å²) in [6.45, 7) is 0. The van der Waals surface area contributed by atoms with Crippen LogP contribution in [0.15, 0.2) is 29.2 Å². The summed E-state index contributed by atoms with van der Waals surface area (Å²) in [6, 6.07) is 4.78. The van der Waals surface area contributed by atoms with Gasteiger partial charge in [-0.3, -0.25) is 4.79 Å². The first kappa shape index (κ1) is 16.0. The molecule has 0 heterocycles. The molecule has 0 aliphatic heterocycles. The van der Waals surface area contributed by atoms with Gasteiger partial charge in [-0.1, -0.05) is 12.1 Å². The molecule has 20 heavy (non-hydrogen) atoms. The Hall–Kier alpha value is -2.10. The lowest BCUT2D eigenvalue weighted by Crippen LogP contribution is -2.35. The zero-order valence-corrected chi connectivity index (χ0v) is 10.7. The van der Waals surface area contributed by atoms with Crippen LogP contribution in [0.2, 0.25) is 0 Å². The van der Waals surface area contributed by atoms with Gasteiger partial charge < -0.3 is 4.84 Å². The molecule has 0 radical (unpaired) electrons. The molecule has 0 spiro atoms. The molecule has 1 rings (SSSR count). The first-order valence-electron chi connectivity index (χ1n) is 4.91. The highest BCUT2D eigenvalue weighted by Gasteiger charge is 2.42. The Bertz CT molecular complexity index is 639. The molecule has 0 aliphatic carbocycles. The zero-order chi connectivity index (χ0) is 15.6. The second-order valence-electron chi connectivity index (χ2n) is 3.59. The number of halogens is 3. The van der Waals surface area contributed by atoms with E-state index in [1.54, 1.807) is 0 Å². The van der Waals surface area contributed by atoms with Gasteiger partial charge in [0.15, 0.2) is 9.84 Å². The number of sulfone groups is 1. The van der Waals surface area contributed by atoms with E-state index in [4.69, 9.17) is 0 Å².